The minimum absolute atomic E-state index is 0.559. The number of halogens is 1. The molecule has 7 heteroatoms. The molecular weight excluding hydrogens is 338 g/mol. The molecule has 0 fully saturated rings. The predicted molar refractivity (Wildman–Crippen MR) is 85.5 cm³/mol. The largest absolute Gasteiger partial charge is 0.373 e. The zero-order valence-corrected chi connectivity index (χ0v) is 13.3. The van der Waals surface area contributed by atoms with Crippen molar-refractivity contribution in [1.82, 2.24) is 9.97 Å². The Hall–Kier alpha value is -1.78. The fourth-order valence-corrected chi connectivity index (χ4v) is 2.30. The Morgan fingerprint density at radius 3 is 2.65 bits per heavy atom. The lowest BCUT2D eigenvalue weighted by Crippen LogP contribution is -2.01. The van der Waals surface area contributed by atoms with Crippen LogP contribution < -0.4 is 10.6 Å². The predicted octanol–water partition coefficient (Wildman–Crippen LogP) is 3.62. The molecule has 2 rings (SSSR count). The van der Waals surface area contributed by atoms with Crippen LogP contribution in [-0.2, 0) is 0 Å². The van der Waals surface area contributed by atoms with Crippen molar-refractivity contribution >= 4 is 45.0 Å². The average Bonchev–Trinajstić information content (AvgIpc) is 2.47. The van der Waals surface area contributed by atoms with Gasteiger partial charge in [-0.1, -0.05) is 27.7 Å². The average molecular weight is 350 g/mol. The Morgan fingerprint density at radius 2 is 2.00 bits per heavy atom. The molecule has 20 heavy (non-hydrogen) atoms. The summed E-state index contributed by atoms with van der Waals surface area (Å²) in [6.07, 6.45) is 1.92. The topological polar surface area (TPSA) is 73.6 Å². The van der Waals surface area contributed by atoms with Gasteiger partial charge in [-0.15, -0.1) is 0 Å². The molecule has 5 nitrogen and oxygen atoms in total. The van der Waals surface area contributed by atoms with Crippen LogP contribution in [0.1, 0.15) is 5.56 Å². The third kappa shape index (κ3) is 3.40. The summed E-state index contributed by atoms with van der Waals surface area (Å²) < 4.78 is 0.895. The van der Waals surface area contributed by atoms with Gasteiger partial charge in [0.05, 0.1) is 11.3 Å². The molecule has 1 heterocycles. The number of rotatable bonds is 4. The lowest BCUT2D eigenvalue weighted by atomic mass is 10.2. The number of nitrogens with zero attached hydrogens (tertiary/aromatic N) is 3. The third-order valence-electron chi connectivity index (χ3n) is 2.51. The van der Waals surface area contributed by atoms with Crippen molar-refractivity contribution < 1.29 is 0 Å². The number of aromatic nitrogens is 2. The molecule has 1 aromatic heterocycles. The highest BCUT2D eigenvalue weighted by Crippen LogP contribution is 2.25. The fraction of sp³-hybridized carbons (Fsp3) is 0.154. The Balaban J connectivity index is 2.39. The summed E-state index contributed by atoms with van der Waals surface area (Å²) in [4.78, 5) is 8.67. The molecule has 102 valence electrons. The first kappa shape index (κ1) is 14.6. The van der Waals surface area contributed by atoms with Gasteiger partial charge in [0.1, 0.15) is 17.7 Å². The molecule has 0 saturated heterocycles. The highest BCUT2D eigenvalue weighted by molar-refractivity contribution is 9.10. The van der Waals surface area contributed by atoms with Crippen molar-refractivity contribution in [3.8, 4) is 6.07 Å². The molecule has 0 saturated carbocycles. The number of benzene rings is 1. The minimum Gasteiger partial charge on any atom is -0.373 e. The van der Waals surface area contributed by atoms with Crippen molar-refractivity contribution in [3.63, 3.8) is 0 Å². The van der Waals surface area contributed by atoms with Crippen LogP contribution in [0.5, 0.6) is 0 Å². The number of nitriles is 1. The summed E-state index contributed by atoms with van der Waals surface area (Å²) in [5.74, 6) is 1.36. The third-order valence-corrected chi connectivity index (χ3v) is 3.55. The van der Waals surface area contributed by atoms with Crippen LogP contribution in [0.25, 0.3) is 0 Å². The van der Waals surface area contributed by atoms with Crippen LogP contribution in [0.15, 0.2) is 33.9 Å². The Morgan fingerprint density at radius 1 is 1.25 bits per heavy atom. The van der Waals surface area contributed by atoms with E-state index in [1.165, 1.54) is 11.8 Å². The molecule has 0 atom stereocenters. The van der Waals surface area contributed by atoms with Crippen molar-refractivity contribution in [2.75, 3.05) is 23.9 Å². The molecule has 0 aliphatic rings. The lowest BCUT2D eigenvalue weighted by Gasteiger charge is -2.10. The number of nitrogens with one attached hydrogen (secondary N) is 2. The molecule has 0 unspecified atom stereocenters. The van der Waals surface area contributed by atoms with Crippen molar-refractivity contribution in [3.05, 3.63) is 34.3 Å². The zero-order valence-electron chi connectivity index (χ0n) is 10.9. The second-order valence-corrected chi connectivity index (χ2v) is 5.49. The van der Waals surface area contributed by atoms with Crippen molar-refractivity contribution in [2.45, 2.75) is 5.16 Å². The molecular formula is C13H12BrN5S. The van der Waals surface area contributed by atoms with E-state index < -0.39 is 0 Å². The minimum atomic E-state index is 0.559. The summed E-state index contributed by atoms with van der Waals surface area (Å²) >= 11 is 4.86. The number of thioether (sulfide) groups is 1. The van der Waals surface area contributed by atoms with E-state index in [1.807, 2.05) is 18.4 Å². The first-order valence-corrected chi connectivity index (χ1v) is 7.75. The SMILES string of the molecule is CNc1cc(Nc2cc(Br)ccc2C#N)nc(SC)n1. The second-order valence-electron chi connectivity index (χ2n) is 3.80. The van der Waals surface area contributed by atoms with Crippen LogP contribution >= 0.6 is 27.7 Å². The summed E-state index contributed by atoms with van der Waals surface area (Å²) in [5.41, 5.74) is 1.26. The summed E-state index contributed by atoms with van der Waals surface area (Å²) in [5, 5.41) is 15.9. The summed E-state index contributed by atoms with van der Waals surface area (Å²) in [6.45, 7) is 0. The van der Waals surface area contributed by atoms with E-state index in [4.69, 9.17) is 5.26 Å². The van der Waals surface area contributed by atoms with Crippen LogP contribution in [0.3, 0.4) is 0 Å². The molecule has 0 radical (unpaired) electrons. The number of hydrogen-bond acceptors (Lipinski definition) is 6. The van der Waals surface area contributed by atoms with Gasteiger partial charge in [-0.05, 0) is 24.5 Å². The van der Waals surface area contributed by atoms with Gasteiger partial charge < -0.3 is 10.6 Å². The zero-order chi connectivity index (χ0) is 14.5. The van der Waals surface area contributed by atoms with E-state index in [0.29, 0.717) is 22.2 Å². The lowest BCUT2D eigenvalue weighted by molar-refractivity contribution is 0.977. The Bertz CT molecular complexity index is 646. The molecule has 0 aliphatic heterocycles. The van der Waals surface area contributed by atoms with E-state index in [9.17, 15) is 0 Å². The quantitative estimate of drug-likeness (QED) is 0.648. The normalized spacial score (nSPS) is 9.90. The highest BCUT2D eigenvalue weighted by atomic mass is 79.9. The van der Waals surface area contributed by atoms with Crippen molar-refractivity contribution in [2.24, 2.45) is 0 Å². The molecule has 2 N–H and O–H groups in total. The van der Waals surface area contributed by atoms with E-state index in [-0.39, 0.29) is 0 Å². The van der Waals surface area contributed by atoms with Gasteiger partial charge in [-0.2, -0.15) is 5.26 Å². The van der Waals surface area contributed by atoms with Crippen LogP contribution in [0.4, 0.5) is 17.3 Å². The monoisotopic (exact) mass is 349 g/mol. The maximum absolute atomic E-state index is 9.13. The van der Waals surface area contributed by atoms with Crippen LogP contribution in [0, 0.1) is 11.3 Å². The highest BCUT2D eigenvalue weighted by Gasteiger charge is 2.07. The van der Waals surface area contributed by atoms with Crippen molar-refractivity contribution in [1.29, 1.82) is 5.26 Å². The molecule has 1 aromatic carbocycles. The standard InChI is InChI=1S/C13H12BrN5S/c1-16-11-6-12(19-13(18-11)20-2)17-10-5-9(14)4-3-8(10)7-15/h3-6H,1-2H3,(H2,16,17,18,19). The second kappa shape index (κ2) is 6.59. The molecule has 0 aliphatic carbocycles. The van der Waals surface area contributed by atoms with Crippen LogP contribution in [-0.4, -0.2) is 23.3 Å². The molecule has 0 spiro atoms. The van der Waals surface area contributed by atoms with Gasteiger partial charge >= 0.3 is 0 Å². The van der Waals surface area contributed by atoms with Crippen LogP contribution in [0.2, 0.25) is 0 Å². The van der Waals surface area contributed by atoms with E-state index >= 15 is 0 Å². The summed E-state index contributed by atoms with van der Waals surface area (Å²) in [7, 11) is 1.80. The maximum atomic E-state index is 9.13. The Kier molecular flexibility index (Phi) is 4.82. The molecule has 2 aromatic rings. The van der Waals surface area contributed by atoms with E-state index in [0.717, 1.165) is 10.3 Å². The maximum Gasteiger partial charge on any atom is 0.191 e. The number of hydrogen-bond donors (Lipinski definition) is 2. The van der Waals surface area contributed by atoms with Gasteiger partial charge in [-0.25, -0.2) is 9.97 Å². The smallest absolute Gasteiger partial charge is 0.191 e. The molecule has 0 bridgehead atoms. The van der Waals surface area contributed by atoms with Gasteiger partial charge in [0.2, 0.25) is 0 Å². The summed E-state index contributed by atoms with van der Waals surface area (Å²) in [6, 6.07) is 9.37. The Labute approximate surface area is 130 Å². The first-order valence-electron chi connectivity index (χ1n) is 5.73. The van der Waals surface area contributed by atoms with Gasteiger partial charge in [0.25, 0.3) is 0 Å². The van der Waals surface area contributed by atoms with Gasteiger partial charge in [0, 0.05) is 17.6 Å². The van der Waals surface area contributed by atoms with E-state index in [1.54, 1.807) is 19.2 Å². The first-order chi connectivity index (χ1) is 9.66. The van der Waals surface area contributed by atoms with Gasteiger partial charge in [-0.3, -0.25) is 0 Å². The van der Waals surface area contributed by atoms with Gasteiger partial charge in [0.15, 0.2) is 5.16 Å². The molecule has 0 amide bonds. The van der Waals surface area contributed by atoms with E-state index in [2.05, 4.69) is 42.6 Å². The number of anilines is 3. The fourth-order valence-electron chi connectivity index (χ4n) is 1.56.